The van der Waals surface area contributed by atoms with Gasteiger partial charge in [-0.15, -0.1) is 0 Å². The normalized spacial score (nSPS) is 15.3. The molecule has 1 aliphatic heterocycles. The molecule has 0 N–H and O–H groups in total. The van der Waals surface area contributed by atoms with Crippen molar-refractivity contribution >= 4 is 43.5 Å². The average molecular weight is 445 g/mol. The Bertz CT molecular complexity index is 911. The first-order chi connectivity index (χ1) is 11.9. The van der Waals surface area contributed by atoms with Gasteiger partial charge in [0, 0.05) is 13.1 Å². The Morgan fingerprint density at radius 1 is 1.12 bits per heavy atom. The molecule has 1 saturated heterocycles. The molecule has 1 heterocycles. The van der Waals surface area contributed by atoms with Crippen molar-refractivity contribution in [3.8, 4) is 5.75 Å². The van der Waals surface area contributed by atoms with Crippen molar-refractivity contribution < 1.29 is 17.9 Å². The van der Waals surface area contributed by atoms with Gasteiger partial charge < -0.3 is 4.74 Å². The third kappa shape index (κ3) is 3.89. The second-order valence-electron chi connectivity index (χ2n) is 5.58. The summed E-state index contributed by atoms with van der Waals surface area (Å²) < 4.78 is 32.8. The SMILES string of the molecule is O=C(Oc1ccccc1Br)c1ccc(Cl)c(S(=O)(=O)N2CCCC2)c1. The molecule has 0 saturated carbocycles. The topological polar surface area (TPSA) is 63.7 Å². The van der Waals surface area contributed by atoms with E-state index in [2.05, 4.69) is 15.9 Å². The minimum atomic E-state index is -3.72. The lowest BCUT2D eigenvalue weighted by Gasteiger charge is -2.17. The van der Waals surface area contributed by atoms with Crippen LogP contribution in [0.4, 0.5) is 0 Å². The van der Waals surface area contributed by atoms with Crippen molar-refractivity contribution in [2.75, 3.05) is 13.1 Å². The van der Waals surface area contributed by atoms with Crippen molar-refractivity contribution in [1.29, 1.82) is 0 Å². The number of benzene rings is 2. The Morgan fingerprint density at radius 2 is 1.80 bits per heavy atom. The molecule has 1 aliphatic rings. The van der Waals surface area contributed by atoms with Crippen LogP contribution in [0, 0.1) is 0 Å². The van der Waals surface area contributed by atoms with E-state index in [-0.39, 0.29) is 15.5 Å². The summed E-state index contributed by atoms with van der Waals surface area (Å²) in [6.07, 6.45) is 1.64. The minimum Gasteiger partial charge on any atom is -0.422 e. The van der Waals surface area contributed by atoms with Gasteiger partial charge in [0.1, 0.15) is 10.6 Å². The number of hydrogen-bond donors (Lipinski definition) is 0. The molecular formula is C17H15BrClNO4S. The standard InChI is InChI=1S/C17H15BrClNO4S/c18-13-5-1-2-6-15(13)24-17(21)12-7-8-14(19)16(11-12)25(22,23)20-9-3-4-10-20/h1-2,5-8,11H,3-4,9-10H2. The van der Waals surface area contributed by atoms with Gasteiger partial charge in [-0.2, -0.15) is 4.31 Å². The van der Waals surface area contributed by atoms with Crippen LogP contribution in [-0.2, 0) is 10.0 Å². The Kier molecular flexibility index (Phi) is 5.48. The van der Waals surface area contributed by atoms with Gasteiger partial charge in [0.2, 0.25) is 10.0 Å². The predicted molar refractivity (Wildman–Crippen MR) is 98.5 cm³/mol. The molecule has 3 rings (SSSR count). The molecule has 0 radical (unpaired) electrons. The molecule has 0 bridgehead atoms. The summed E-state index contributed by atoms with van der Waals surface area (Å²) in [6, 6.07) is 11.0. The van der Waals surface area contributed by atoms with Gasteiger partial charge in [-0.05, 0) is 59.1 Å². The quantitative estimate of drug-likeness (QED) is 0.526. The summed E-state index contributed by atoms with van der Waals surface area (Å²) in [5.41, 5.74) is 0.123. The number of carbonyl (C=O) groups is 1. The van der Waals surface area contributed by atoms with Crippen LogP contribution in [0.3, 0.4) is 0 Å². The lowest BCUT2D eigenvalue weighted by Crippen LogP contribution is -2.28. The highest BCUT2D eigenvalue weighted by molar-refractivity contribution is 9.10. The summed E-state index contributed by atoms with van der Waals surface area (Å²) in [5.74, 6) is -0.298. The summed E-state index contributed by atoms with van der Waals surface area (Å²) in [5, 5.41) is 0.0874. The smallest absolute Gasteiger partial charge is 0.343 e. The van der Waals surface area contributed by atoms with Crippen molar-refractivity contribution in [1.82, 2.24) is 4.31 Å². The molecule has 0 unspecified atom stereocenters. The number of nitrogens with zero attached hydrogens (tertiary/aromatic N) is 1. The molecule has 5 nitrogen and oxygen atoms in total. The Hall–Kier alpha value is -1.41. The average Bonchev–Trinajstić information content (AvgIpc) is 3.12. The first-order valence-electron chi connectivity index (χ1n) is 7.66. The number of hydrogen-bond acceptors (Lipinski definition) is 4. The van der Waals surface area contributed by atoms with Crippen LogP contribution in [0.15, 0.2) is 51.8 Å². The maximum absolute atomic E-state index is 12.7. The van der Waals surface area contributed by atoms with Crippen LogP contribution >= 0.6 is 27.5 Å². The third-order valence-electron chi connectivity index (χ3n) is 3.89. The van der Waals surface area contributed by atoms with Gasteiger partial charge in [-0.3, -0.25) is 0 Å². The van der Waals surface area contributed by atoms with E-state index in [1.165, 1.54) is 22.5 Å². The highest BCUT2D eigenvalue weighted by Crippen LogP contribution is 2.29. The van der Waals surface area contributed by atoms with Gasteiger partial charge in [0.25, 0.3) is 0 Å². The van der Waals surface area contributed by atoms with Gasteiger partial charge in [-0.25, -0.2) is 13.2 Å². The van der Waals surface area contributed by atoms with Crippen molar-refractivity contribution in [2.45, 2.75) is 17.7 Å². The fourth-order valence-corrected chi connectivity index (χ4v) is 4.97. The van der Waals surface area contributed by atoms with Crippen molar-refractivity contribution in [3.63, 3.8) is 0 Å². The summed E-state index contributed by atoms with van der Waals surface area (Å²) in [6.45, 7) is 0.925. The lowest BCUT2D eigenvalue weighted by molar-refractivity contribution is 0.0733. The van der Waals surface area contributed by atoms with Crippen LogP contribution in [-0.4, -0.2) is 31.8 Å². The summed E-state index contributed by atoms with van der Waals surface area (Å²) >= 11 is 9.38. The number of halogens is 2. The van der Waals surface area contributed by atoms with Gasteiger partial charge in [-0.1, -0.05) is 23.7 Å². The monoisotopic (exact) mass is 443 g/mol. The molecular weight excluding hydrogens is 430 g/mol. The Morgan fingerprint density at radius 3 is 2.48 bits per heavy atom. The fraction of sp³-hybridized carbons (Fsp3) is 0.235. The van der Waals surface area contributed by atoms with E-state index >= 15 is 0 Å². The Balaban J connectivity index is 1.91. The maximum atomic E-state index is 12.7. The molecule has 0 aromatic heterocycles. The van der Waals surface area contributed by atoms with Crippen molar-refractivity contribution in [3.05, 3.63) is 57.5 Å². The predicted octanol–water partition coefficient (Wildman–Crippen LogP) is 4.11. The highest BCUT2D eigenvalue weighted by Gasteiger charge is 2.30. The second-order valence-corrected chi connectivity index (χ2v) is 8.74. The molecule has 0 spiro atoms. The number of para-hydroxylation sites is 1. The molecule has 0 atom stereocenters. The number of esters is 1. The van der Waals surface area contributed by atoms with Crippen molar-refractivity contribution in [2.24, 2.45) is 0 Å². The second kappa shape index (κ2) is 7.45. The number of rotatable bonds is 4. The van der Waals surface area contributed by atoms with E-state index < -0.39 is 16.0 Å². The van der Waals surface area contributed by atoms with E-state index in [9.17, 15) is 13.2 Å². The van der Waals surface area contributed by atoms with Crippen LogP contribution in [0.1, 0.15) is 23.2 Å². The van der Waals surface area contributed by atoms with E-state index in [1.54, 1.807) is 24.3 Å². The lowest BCUT2D eigenvalue weighted by atomic mass is 10.2. The maximum Gasteiger partial charge on any atom is 0.343 e. The van der Waals surface area contributed by atoms with E-state index in [0.29, 0.717) is 23.3 Å². The first kappa shape index (κ1) is 18.4. The molecule has 2 aromatic rings. The summed E-state index contributed by atoms with van der Waals surface area (Å²) in [4.78, 5) is 12.3. The highest BCUT2D eigenvalue weighted by atomic mass is 79.9. The number of sulfonamides is 1. The zero-order valence-electron chi connectivity index (χ0n) is 13.1. The van der Waals surface area contributed by atoms with Crippen LogP contribution in [0.2, 0.25) is 5.02 Å². The van der Waals surface area contributed by atoms with Gasteiger partial charge in [0.15, 0.2) is 0 Å². The van der Waals surface area contributed by atoms with E-state index in [0.717, 1.165) is 12.8 Å². The zero-order chi connectivity index (χ0) is 18.0. The molecule has 132 valence electrons. The molecule has 0 aliphatic carbocycles. The first-order valence-corrected chi connectivity index (χ1v) is 10.3. The third-order valence-corrected chi connectivity index (χ3v) is 6.92. The number of carbonyl (C=O) groups excluding carboxylic acids is 1. The molecule has 25 heavy (non-hydrogen) atoms. The Labute approximate surface area is 159 Å². The van der Waals surface area contributed by atoms with Crippen LogP contribution in [0.25, 0.3) is 0 Å². The van der Waals surface area contributed by atoms with E-state index in [4.69, 9.17) is 16.3 Å². The molecule has 0 amide bonds. The fourth-order valence-electron chi connectivity index (χ4n) is 2.58. The largest absolute Gasteiger partial charge is 0.422 e. The molecule has 8 heteroatoms. The summed E-state index contributed by atoms with van der Waals surface area (Å²) in [7, 11) is -3.72. The zero-order valence-corrected chi connectivity index (χ0v) is 16.3. The molecule has 2 aromatic carbocycles. The number of ether oxygens (including phenoxy) is 1. The van der Waals surface area contributed by atoms with Crippen LogP contribution in [0.5, 0.6) is 5.75 Å². The van der Waals surface area contributed by atoms with Gasteiger partial charge in [0.05, 0.1) is 15.1 Å². The minimum absolute atomic E-state index is 0.0716. The molecule has 1 fully saturated rings. The van der Waals surface area contributed by atoms with E-state index in [1.807, 2.05) is 0 Å². The van der Waals surface area contributed by atoms with Gasteiger partial charge >= 0.3 is 5.97 Å². The van der Waals surface area contributed by atoms with Crippen LogP contribution < -0.4 is 4.74 Å².